The molecule has 0 N–H and O–H groups in total. The van der Waals surface area contributed by atoms with E-state index in [1.807, 2.05) is 0 Å². The van der Waals surface area contributed by atoms with Gasteiger partial charge in [0.2, 0.25) is 0 Å². The molecule has 1 saturated heterocycles. The second-order valence-corrected chi connectivity index (χ2v) is 4.22. The van der Waals surface area contributed by atoms with Gasteiger partial charge in [-0.15, -0.1) is 0 Å². The Morgan fingerprint density at radius 2 is 1.64 bits per heavy atom. The molecule has 0 aromatic carbocycles. The van der Waals surface area contributed by atoms with Gasteiger partial charge in [0, 0.05) is 10.4 Å². The molecule has 0 aromatic heterocycles. The Balaban J connectivity index is 0.000000292. The first kappa shape index (κ1) is 13.8. The topological polar surface area (TPSA) is 89.5 Å². The van der Waals surface area contributed by atoms with E-state index in [1.165, 1.54) is 24.1 Å². The van der Waals surface area contributed by atoms with Gasteiger partial charge in [-0.2, -0.15) is 0 Å². The van der Waals surface area contributed by atoms with Crippen LogP contribution >= 0.6 is 0 Å². The molecular weight excluding hydrogens is 210 g/mol. The second-order valence-electron chi connectivity index (χ2n) is 3.40. The molecule has 1 fully saturated rings. The van der Waals surface area contributed by atoms with Crippen molar-refractivity contribution in [3.8, 4) is 0 Å². The summed E-state index contributed by atoms with van der Waals surface area (Å²) in [6.45, 7) is 7.76. The van der Waals surface area contributed by atoms with Gasteiger partial charge in [0.15, 0.2) is 0 Å². The fraction of sp³-hybridized carbons (Fsp3) is 1.00. The molecule has 86 valence electrons. The lowest BCUT2D eigenvalue weighted by atomic mass is 10.3. The maximum absolute atomic E-state index is 8.52. The highest BCUT2D eigenvalue weighted by molar-refractivity contribution is 7.79. The van der Waals surface area contributed by atoms with Crippen LogP contribution in [0.5, 0.6) is 0 Å². The molecule has 14 heavy (non-hydrogen) atoms. The van der Waals surface area contributed by atoms with Crippen LogP contribution in [0.4, 0.5) is 0 Å². The van der Waals surface area contributed by atoms with E-state index < -0.39 is 10.4 Å². The number of likely N-dealkylation sites (N-methyl/N-ethyl adjacent to an activating group) is 1. The number of rotatable bonds is 1. The van der Waals surface area contributed by atoms with Gasteiger partial charge >= 0.3 is 0 Å². The predicted octanol–water partition coefficient (Wildman–Crippen LogP) is -0.855. The third kappa shape index (κ3) is 8.39. The van der Waals surface area contributed by atoms with Crippen LogP contribution < -0.4 is 0 Å². The van der Waals surface area contributed by atoms with E-state index in [4.69, 9.17) is 22.3 Å². The molecule has 0 aromatic rings. The molecule has 6 nitrogen and oxygen atoms in total. The van der Waals surface area contributed by atoms with Crippen LogP contribution in [0.15, 0.2) is 0 Å². The standard InChI is InChI=1S/C7H16NO.H2O4S/c1-3-8(2)4-6-9-7-5-8;1-5(2,3)4/h3-7H2,1-2H3;(H2,1,2,3,4)/q+1;/p-2. The maximum atomic E-state index is 8.52. The monoisotopic (exact) mass is 226 g/mol. The summed E-state index contributed by atoms with van der Waals surface area (Å²) < 4.78 is 40.5. The first-order chi connectivity index (χ1) is 6.27. The molecule has 0 atom stereocenters. The Bertz CT molecular complexity index is 237. The summed E-state index contributed by atoms with van der Waals surface area (Å²) in [6, 6.07) is 0. The molecule has 0 amide bonds. The van der Waals surface area contributed by atoms with Gasteiger partial charge in [-0.25, -0.2) is 0 Å². The average Bonchev–Trinajstić information content (AvgIpc) is 2.03. The van der Waals surface area contributed by atoms with Crippen LogP contribution in [0.2, 0.25) is 0 Å². The van der Waals surface area contributed by atoms with Gasteiger partial charge in [0.1, 0.15) is 13.1 Å². The Labute approximate surface area is 84.6 Å². The summed E-state index contributed by atoms with van der Waals surface area (Å²) in [5.41, 5.74) is 0. The number of hydrogen-bond acceptors (Lipinski definition) is 5. The molecule has 1 heterocycles. The van der Waals surface area contributed by atoms with Crippen LogP contribution in [-0.2, 0) is 15.1 Å². The van der Waals surface area contributed by atoms with Crippen molar-refractivity contribution in [3.63, 3.8) is 0 Å². The zero-order chi connectivity index (χ0) is 11.2. The highest BCUT2D eigenvalue weighted by atomic mass is 32.3. The Hall–Kier alpha value is -0.210. The third-order valence-corrected chi connectivity index (χ3v) is 2.31. The Kier molecular flexibility index (Phi) is 5.53. The lowest BCUT2D eigenvalue weighted by Gasteiger charge is -2.36. The molecular formula is C7H16NO5S-. The average molecular weight is 226 g/mol. The van der Waals surface area contributed by atoms with E-state index in [2.05, 4.69) is 14.0 Å². The van der Waals surface area contributed by atoms with Crippen LogP contribution in [-0.4, -0.2) is 61.9 Å². The zero-order valence-corrected chi connectivity index (χ0v) is 9.25. The maximum Gasteiger partial charge on any atom is 0.102 e. The molecule has 7 heteroatoms. The van der Waals surface area contributed by atoms with E-state index >= 15 is 0 Å². The number of hydrogen-bond donors (Lipinski definition) is 0. The largest absolute Gasteiger partial charge is 0.759 e. The minimum Gasteiger partial charge on any atom is -0.759 e. The molecule has 0 unspecified atom stereocenters. The van der Waals surface area contributed by atoms with Crippen molar-refractivity contribution in [2.45, 2.75) is 6.92 Å². The fourth-order valence-electron chi connectivity index (χ4n) is 1.10. The van der Waals surface area contributed by atoms with Gasteiger partial charge in [0.05, 0.1) is 26.8 Å². The number of ether oxygens (including phenoxy) is 1. The molecule has 0 aliphatic carbocycles. The molecule has 0 saturated carbocycles. The molecule has 0 radical (unpaired) electrons. The minimum absolute atomic E-state index is 0.949. The zero-order valence-electron chi connectivity index (χ0n) is 8.43. The normalized spacial score (nSPS) is 20.9. The van der Waals surface area contributed by atoms with E-state index in [0.29, 0.717) is 0 Å². The minimum atomic E-state index is -5.17. The van der Waals surface area contributed by atoms with Crippen molar-refractivity contribution in [2.24, 2.45) is 0 Å². The summed E-state index contributed by atoms with van der Waals surface area (Å²) in [7, 11) is -2.87. The highest BCUT2D eigenvalue weighted by Gasteiger charge is 2.21. The van der Waals surface area contributed by atoms with Crippen LogP contribution in [0.25, 0.3) is 0 Å². The summed E-state index contributed by atoms with van der Waals surface area (Å²) in [6.07, 6.45) is 0. The number of morpholine rings is 1. The highest BCUT2D eigenvalue weighted by Crippen LogP contribution is 2.05. The number of quaternary nitrogens is 1. The van der Waals surface area contributed by atoms with Crippen LogP contribution in [0.3, 0.4) is 0 Å². The SMILES string of the molecule is CC[N+]1(C)CCOCC1.O=S(=O)([O-])[O-]. The molecule has 1 rings (SSSR count). The van der Waals surface area contributed by atoms with Crippen LogP contribution in [0.1, 0.15) is 6.92 Å². The molecule has 1 aliphatic rings. The summed E-state index contributed by atoms with van der Waals surface area (Å²) in [4.78, 5) is 0. The lowest BCUT2D eigenvalue weighted by Crippen LogP contribution is -2.51. The second kappa shape index (κ2) is 5.62. The van der Waals surface area contributed by atoms with Gasteiger partial charge in [-0.05, 0) is 6.92 Å². The van der Waals surface area contributed by atoms with Crippen molar-refractivity contribution in [1.82, 2.24) is 0 Å². The fourth-order valence-corrected chi connectivity index (χ4v) is 1.10. The van der Waals surface area contributed by atoms with Gasteiger partial charge in [-0.1, -0.05) is 0 Å². The summed E-state index contributed by atoms with van der Waals surface area (Å²) >= 11 is 0. The number of nitrogens with zero attached hydrogens (tertiary/aromatic N) is 1. The molecule has 1 aliphatic heterocycles. The third-order valence-electron chi connectivity index (χ3n) is 2.31. The first-order valence-corrected chi connectivity index (χ1v) is 5.68. The molecule has 0 bridgehead atoms. The Morgan fingerprint density at radius 1 is 1.29 bits per heavy atom. The van der Waals surface area contributed by atoms with E-state index in [-0.39, 0.29) is 0 Å². The van der Waals surface area contributed by atoms with Crippen molar-refractivity contribution in [1.29, 1.82) is 0 Å². The predicted molar refractivity (Wildman–Crippen MR) is 47.8 cm³/mol. The van der Waals surface area contributed by atoms with Crippen LogP contribution in [0, 0.1) is 0 Å². The van der Waals surface area contributed by atoms with Crippen molar-refractivity contribution < 1.29 is 26.7 Å². The quantitative estimate of drug-likeness (QED) is 0.330. The lowest BCUT2D eigenvalue weighted by molar-refractivity contribution is -0.915. The van der Waals surface area contributed by atoms with E-state index in [9.17, 15) is 0 Å². The van der Waals surface area contributed by atoms with E-state index in [1.54, 1.807) is 0 Å². The van der Waals surface area contributed by atoms with Crippen molar-refractivity contribution in [3.05, 3.63) is 0 Å². The van der Waals surface area contributed by atoms with Crippen molar-refractivity contribution in [2.75, 3.05) is 39.9 Å². The van der Waals surface area contributed by atoms with Gasteiger partial charge in [0.25, 0.3) is 0 Å². The molecule has 0 spiro atoms. The van der Waals surface area contributed by atoms with Gasteiger partial charge < -0.3 is 18.3 Å². The summed E-state index contributed by atoms with van der Waals surface area (Å²) in [5, 5.41) is 0. The first-order valence-electron chi connectivity index (χ1n) is 4.35. The summed E-state index contributed by atoms with van der Waals surface area (Å²) in [5.74, 6) is 0. The smallest absolute Gasteiger partial charge is 0.102 e. The van der Waals surface area contributed by atoms with Gasteiger partial charge in [-0.3, -0.25) is 8.42 Å². The Morgan fingerprint density at radius 3 is 1.86 bits per heavy atom. The van der Waals surface area contributed by atoms with Crippen molar-refractivity contribution >= 4 is 10.4 Å². The van der Waals surface area contributed by atoms with E-state index in [0.717, 1.165) is 13.2 Å².